The van der Waals surface area contributed by atoms with Crippen LogP contribution in [-0.2, 0) is 0 Å². The zero-order valence-electron chi connectivity index (χ0n) is 13.8. The molecule has 0 saturated heterocycles. The highest BCUT2D eigenvalue weighted by molar-refractivity contribution is 5.15. The first-order valence-corrected chi connectivity index (χ1v) is 7.30. The Labute approximate surface area is 120 Å². The van der Waals surface area contributed by atoms with E-state index in [1.54, 1.807) is 0 Å². The topological polar surface area (TPSA) is 3.24 Å². The van der Waals surface area contributed by atoms with Gasteiger partial charge in [-0.1, -0.05) is 51.5 Å². The molecule has 0 fully saturated rings. The molecule has 1 heteroatoms. The third kappa shape index (κ3) is 7.71. The van der Waals surface area contributed by atoms with Gasteiger partial charge in [-0.05, 0) is 45.1 Å². The normalized spacial score (nSPS) is 14.7. The van der Waals surface area contributed by atoms with E-state index in [1.807, 2.05) is 0 Å². The lowest BCUT2D eigenvalue weighted by Crippen LogP contribution is -2.10. The van der Waals surface area contributed by atoms with Crippen LogP contribution in [0.4, 0.5) is 0 Å². The lowest BCUT2D eigenvalue weighted by molar-refractivity contribution is 0.452. The van der Waals surface area contributed by atoms with Gasteiger partial charge < -0.3 is 4.90 Å². The van der Waals surface area contributed by atoms with Crippen molar-refractivity contribution in [2.24, 2.45) is 5.41 Å². The van der Waals surface area contributed by atoms with Gasteiger partial charge in [0.1, 0.15) is 0 Å². The number of hydrogen-bond acceptors (Lipinski definition) is 1. The van der Waals surface area contributed by atoms with Gasteiger partial charge in [-0.2, -0.15) is 0 Å². The van der Waals surface area contributed by atoms with E-state index in [9.17, 15) is 0 Å². The Hall–Kier alpha value is -1.24. The van der Waals surface area contributed by atoms with E-state index in [0.29, 0.717) is 0 Å². The van der Waals surface area contributed by atoms with Gasteiger partial charge in [-0.25, -0.2) is 0 Å². The summed E-state index contributed by atoms with van der Waals surface area (Å²) >= 11 is 0. The minimum Gasteiger partial charge on any atom is -0.329 e. The average molecular weight is 261 g/mol. The van der Waals surface area contributed by atoms with Crippen LogP contribution in [0.3, 0.4) is 0 Å². The highest BCUT2D eigenvalue weighted by Gasteiger charge is 2.10. The van der Waals surface area contributed by atoms with E-state index >= 15 is 0 Å². The summed E-state index contributed by atoms with van der Waals surface area (Å²) in [5, 5.41) is 0. The maximum Gasteiger partial charge on any atom is 0.0146 e. The van der Waals surface area contributed by atoms with Crippen LogP contribution >= 0.6 is 0 Å². The van der Waals surface area contributed by atoms with Crippen LogP contribution in [-0.4, -0.2) is 4.90 Å². The summed E-state index contributed by atoms with van der Waals surface area (Å²) in [4.78, 5) is 2.18. The third-order valence-corrected chi connectivity index (χ3v) is 3.61. The Bertz CT molecular complexity index is 367. The van der Waals surface area contributed by atoms with Crippen molar-refractivity contribution in [1.29, 1.82) is 0 Å². The smallest absolute Gasteiger partial charge is 0.0146 e. The molecule has 0 heterocycles. The molecule has 1 nitrogen and oxygen atoms in total. The summed E-state index contributed by atoms with van der Waals surface area (Å²) in [6.07, 6.45) is 15.2. The fourth-order valence-corrected chi connectivity index (χ4v) is 1.25. The van der Waals surface area contributed by atoms with Crippen molar-refractivity contribution in [2.75, 3.05) is 0 Å². The predicted octanol–water partition coefficient (Wildman–Crippen LogP) is 6.03. The first-order valence-electron chi connectivity index (χ1n) is 7.30. The molecule has 0 saturated carbocycles. The fourth-order valence-electron chi connectivity index (χ4n) is 1.25. The van der Waals surface area contributed by atoms with Crippen LogP contribution in [0.25, 0.3) is 0 Å². The molecule has 0 bridgehead atoms. The van der Waals surface area contributed by atoms with Crippen LogP contribution in [0.1, 0.15) is 61.3 Å². The standard InChI is InChI=1S/C18H31N/c1-8-16(4)12-11-14-19(17(5)9-2)15-13-18(6,7)10-3/h9,11-15H,8,10H2,1-7H3/b14-11-,15-13-,16-12+,17-9+. The number of rotatable bonds is 7. The molecule has 0 radical (unpaired) electrons. The number of allylic oxidation sites excluding steroid dienone is 6. The van der Waals surface area contributed by atoms with Gasteiger partial charge in [0, 0.05) is 18.1 Å². The van der Waals surface area contributed by atoms with Gasteiger partial charge >= 0.3 is 0 Å². The molecule has 108 valence electrons. The molecule has 0 rings (SSSR count). The Morgan fingerprint density at radius 3 is 2.21 bits per heavy atom. The lowest BCUT2D eigenvalue weighted by atomic mass is 9.90. The van der Waals surface area contributed by atoms with E-state index < -0.39 is 0 Å². The molecule has 0 N–H and O–H groups in total. The summed E-state index contributed by atoms with van der Waals surface area (Å²) in [5.74, 6) is 0. The number of nitrogens with zero attached hydrogens (tertiary/aromatic N) is 1. The van der Waals surface area contributed by atoms with Crippen molar-refractivity contribution in [3.63, 3.8) is 0 Å². The highest BCUT2D eigenvalue weighted by atomic mass is 15.1. The van der Waals surface area contributed by atoms with Gasteiger partial charge in [0.05, 0.1) is 0 Å². The van der Waals surface area contributed by atoms with Gasteiger partial charge in [0.2, 0.25) is 0 Å². The van der Waals surface area contributed by atoms with E-state index in [1.165, 1.54) is 11.3 Å². The molecular formula is C18H31N. The van der Waals surface area contributed by atoms with Crippen molar-refractivity contribution in [2.45, 2.75) is 61.3 Å². The quantitative estimate of drug-likeness (QED) is 0.506. The SMILES string of the molecule is C/C=C(\C)N(/C=C\C=C(/C)CC)/C=C\C(C)(C)CC. The maximum absolute atomic E-state index is 2.28. The first-order chi connectivity index (χ1) is 8.86. The molecule has 0 aliphatic carbocycles. The van der Waals surface area contributed by atoms with Crippen LogP contribution < -0.4 is 0 Å². The Morgan fingerprint density at radius 1 is 1.11 bits per heavy atom. The second-order valence-corrected chi connectivity index (χ2v) is 5.70. The second kappa shape index (κ2) is 8.79. The minimum atomic E-state index is 0.245. The van der Waals surface area contributed by atoms with E-state index in [4.69, 9.17) is 0 Å². The van der Waals surface area contributed by atoms with Gasteiger partial charge in [-0.15, -0.1) is 0 Å². The zero-order chi connectivity index (χ0) is 14.9. The minimum absolute atomic E-state index is 0.245. The molecule has 0 spiro atoms. The molecule has 0 aliphatic rings. The molecular weight excluding hydrogens is 230 g/mol. The molecule has 0 aromatic rings. The van der Waals surface area contributed by atoms with Crippen LogP contribution in [0, 0.1) is 5.41 Å². The highest BCUT2D eigenvalue weighted by Crippen LogP contribution is 2.22. The van der Waals surface area contributed by atoms with Crippen molar-refractivity contribution in [1.82, 2.24) is 4.90 Å². The van der Waals surface area contributed by atoms with Crippen LogP contribution in [0.2, 0.25) is 0 Å². The molecule has 19 heavy (non-hydrogen) atoms. The van der Waals surface area contributed by atoms with Gasteiger partial charge in [-0.3, -0.25) is 0 Å². The lowest BCUT2D eigenvalue weighted by Gasteiger charge is -2.21. The van der Waals surface area contributed by atoms with Crippen molar-refractivity contribution in [3.05, 3.63) is 48.0 Å². The van der Waals surface area contributed by atoms with Crippen LogP contribution in [0.5, 0.6) is 0 Å². The Balaban J connectivity index is 4.95. The molecule has 0 aromatic carbocycles. The van der Waals surface area contributed by atoms with Crippen molar-refractivity contribution in [3.8, 4) is 0 Å². The summed E-state index contributed by atoms with van der Waals surface area (Å²) in [6, 6.07) is 0. The number of hydrogen-bond donors (Lipinski definition) is 0. The molecule has 0 aromatic heterocycles. The third-order valence-electron chi connectivity index (χ3n) is 3.61. The fraction of sp³-hybridized carbons (Fsp3) is 0.556. The van der Waals surface area contributed by atoms with Crippen LogP contribution in [0.15, 0.2) is 48.0 Å². The van der Waals surface area contributed by atoms with E-state index in [0.717, 1.165) is 12.8 Å². The second-order valence-electron chi connectivity index (χ2n) is 5.70. The monoisotopic (exact) mass is 261 g/mol. The maximum atomic E-state index is 2.28. The molecule has 0 atom stereocenters. The van der Waals surface area contributed by atoms with Crippen molar-refractivity contribution < 1.29 is 0 Å². The Morgan fingerprint density at radius 2 is 1.74 bits per heavy atom. The zero-order valence-corrected chi connectivity index (χ0v) is 13.8. The summed E-state index contributed by atoms with van der Waals surface area (Å²) in [6.45, 7) is 15.3. The van der Waals surface area contributed by atoms with Gasteiger partial charge in [0.15, 0.2) is 0 Å². The molecule has 0 unspecified atom stereocenters. The van der Waals surface area contributed by atoms with E-state index in [-0.39, 0.29) is 5.41 Å². The average Bonchev–Trinajstić information content (AvgIpc) is 2.41. The van der Waals surface area contributed by atoms with E-state index in [2.05, 4.69) is 90.1 Å². The largest absolute Gasteiger partial charge is 0.329 e. The first kappa shape index (κ1) is 17.8. The predicted molar refractivity (Wildman–Crippen MR) is 87.7 cm³/mol. The van der Waals surface area contributed by atoms with Gasteiger partial charge in [0.25, 0.3) is 0 Å². The van der Waals surface area contributed by atoms with Crippen molar-refractivity contribution >= 4 is 0 Å². The Kier molecular flexibility index (Phi) is 8.22. The summed E-state index contributed by atoms with van der Waals surface area (Å²) < 4.78 is 0. The summed E-state index contributed by atoms with van der Waals surface area (Å²) in [5.41, 5.74) is 2.88. The summed E-state index contributed by atoms with van der Waals surface area (Å²) in [7, 11) is 0. The molecule has 0 amide bonds. The molecule has 0 aliphatic heterocycles.